The first-order chi connectivity index (χ1) is 10.7. The summed E-state index contributed by atoms with van der Waals surface area (Å²) in [5.74, 6) is 0. The minimum Gasteiger partial charge on any atom is -0.310 e. The maximum atomic E-state index is 3.48. The lowest BCUT2D eigenvalue weighted by Crippen LogP contribution is -2.08. The molecule has 1 nitrogen and oxygen atoms in total. The monoisotopic (exact) mass is 377 g/mol. The fourth-order valence-corrected chi connectivity index (χ4v) is 2.69. The van der Waals surface area contributed by atoms with E-state index < -0.39 is 0 Å². The molecule has 22 heavy (non-hydrogen) atoms. The van der Waals surface area contributed by atoms with Crippen LogP contribution >= 0.6 is 15.9 Å². The van der Waals surface area contributed by atoms with Gasteiger partial charge in [0.25, 0.3) is 0 Å². The van der Waals surface area contributed by atoms with Crippen LogP contribution < -0.4 is 0 Å². The number of hydrogen-bond donors (Lipinski definition) is 0. The third kappa shape index (κ3) is 28.6. The number of rotatable bonds is 15. The van der Waals surface area contributed by atoms with Crippen LogP contribution in [-0.2, 0) is 0 Å². The van der Waals surface area contributed by atoms with E-state index >= 15 is 0 Å². The van der Waals surface area contributed by atoms with Crippen LogP contribution in [0.25, 0.3) is 0 Å². The van der Waals surface area contributed by atoms with E-state index in [1.807, 2.05) is 0 Å². The normalized spacial score (nSPS) is 10.6. The number of halogens is 1. The average Bonchev–Trinajstić information content (AvgIpc) is 2.52. The predicted molar refractivity (Wildman–Crippen MR) is 108 cm³/mol. The number of alkyl halides is 1. The smallest absolute Gasteiger partial charge is 0.00313 e. The van der Waals surface area contributed by atoms with Gasteiger partial charge < -0.3 is 4.90 Å². The maximum absolute atomic E-state index is 3.48. The molecule has 2 heteroatoms. The Kier molecular flexibility index (Phi) is 26.6. The molecule has 0 aromatic carbocycles. The average molecular weight is 378 g/mol. The van der Waals surface area contributed by atoms with E-state index in [2.05, 4.69) is 48.8 Å². The van der Waals surface area contributed by atoms with Crippen LogP contribution in [0.1, 0.15) is 104 Å². The van der Waals surface area contributed by atoms with Gasteiger partial charge in [-0.3, -0.25) is 0 Å². The lowest BCUT2D eigenvalue weighted by atomic mass is 10.0. The van der Waals surface area contributed by atoms with E-state index in [1.165, 1.54) is 95.2 Å². The fourth-order valence-electron chi connectivity index (χ4n) is 2.29. The first-order valence-corrected chi connectivity index (χ1v) is 11.0. The molecule has 0 amide bonds. The Labute approximate surface area is 150 Å². The van der Waals surface area contributed by atoms with E-state index in [0.29, 0.717) is 0 Å². The standard InChI is InChI=1S/C16H33Br.C4H11N/c1-2-3-4-5-6-7-8-9-10-11-12-13-14-15-16-17;1-4-5(2)3/h2-16H2,1H3;4H2,1-3H3. The van der Waals surface area contributed by atoms with Gasteiger partial charge in [-0.2, -0.15) is 0 Å². The number of nitrogens with zero attached hydrogens (tertiary/aromatic N) is 1. The maximum Gasteiger partial charge on any atom is 0.00313 e. The van der Waals surface area contributed by atoms with Crippen LogP contribution in [0.15, 0.2) is 0 Å². The number of unbranched alkanes of at least 4 members (excludes halogenated alkanes) is 13. The molecule has 0 spiro atoms. The van der Waals surface area contributed by atoms with Crippen molar-refractivity contribution in [2.75, 3.05) is 26.0 Å². The van der Waals surface area contributed by atoms with Crippen LogP contribution in [0.2, 0.25) is 0 Å². The summed E-state index contributed by atoms with van der Waals surface area (Å²) in [4.78, 5) is 2.12. The van der Waals surface area contributed by atoms with Gasteiger partial charge in [0.1, 0.15) is 0 Å². The summed E-state index contributed by atoms with van der Waals surface area (Å²) in [5.41, 5.74) is 0. The van der Waals surface area contributed by atoms with Crippen molar-refractivity contribution < 1.29 is 0 Å². The second-order valence-electron chi connectivity index (χ2n) is 6.68. The molecular formula is C20H44BrN. The minimum atomic E-state index is 1.14. The number of hydrogen-bond acceptors (Lipinski definition) is 1. The van der Waals surface area contributed by atoms with E-state index in [4.69, 9.17) is 0 Å². The van der Waals surface area contributed by atoms with Crippen molar-refractivity contribution in [1.29, 1.82) is 0 Å². The van der Waals surface area contributed by atoms with Crippen LogP contribution in [0.4, 0.5) is 0 Å². The topological polar surface area (TPSA) is 3.24 Å². The summed E-state index contributed by atoms with van der Waals surface area (Å²) in [6.07, 6.45) is 20.3. The van der Waals surface area contributed by atoms with Crippen molar-refractivity contribution in [2.24, 2.45) is 0 Å². The van der Waals surface area contributed by atoms with Crippen molar-refractivity contribution in [3.05, 3.63) is 0 Å². The molecule has 0 bridgehead atoms. The van der Waals surface area contributed by atoms with Crippen LogP contribution in [0.3, 0.4) is 0 Å². The molecule has 0 N–H and O–H groups in total. The largest absolute Gasteiger partial charge is 0.310 e. The molecule has 0 aliphatic heterocycles. The zero-order chi connectivity index (χ0) is 16.9. The molecule has 0 rings (SSSR count). The minimum absolute atomic E-state index is 1.14. The van der Waals surface area contributed by atoms with Crippen molar-refractivity contribution in [1.82, 2.24) is 4.90 Å². The van der Waals surface area contributed by atoms with Gasteiger partial charge in [-0.25, -0.2) is 0 Å². The van der Waals surface area contributed by atoms with Crippen molar-refractivity contribution in [3.8, 4) is 0 Å². The molecule has 136 valence electrons. The summed E-state index contributed by atoms with van der Waals surface area (Å²) in [5, 5.41) is 1.19. The van der Waals surface area contributed by atoms with Gasteiger partial charge in [0.15, 0.2) is 0 Å². The second-order valence-corrected chi connectivity index (χ2v) is 7.47. The summed E-state index contributed by atoms with van der Waals surface area (Å²) in [6, 6.07) is 0. The molecule has 0 atom stereocenters. The third-order valence-corrected chi connectivity index (χ3v) is 4.68. The van der Waals surface area contributed by atoms with Crippen molar-refractivity contribution in [2.45, 2.75) is 104 Å². The molecule has 0 saturated carbocycles. The Morgan fingerprint density at radius 1 is 0.545 bits per heavy atom. The van der Waals surface area contributed by atoms with Crippen molar-refractivity contribution >= 4 is 15.9 Å². The summed E-state index contributed by atoms with van der Waals surface area (Å²) < 4.78 is 0. The van der Waals surface area contributed by atoms with E-state index in [1.54, 1.807) is 0 Å². The lowest BCUT2D eigenvalue weighted by Gasteiger charge is -2.02. The van der Waals surface area contributed by atoms with Crippen LogP contribution in [0.5, 0.6) is 0 Å². The van der Waals surface area contributed by atoms with Gasteiger partial charge in [0, 0.05) is 5.33 Å². The Bertz CT molecular complexity index is 157. The second kappa shape index (κ2) is 23.7. The van der Waals surface area contributed by atoms with E-state index in [9.17, 15) is 0 Å². The predicted octanol–water partition coefficient (Wildman–Crippen LogP) is 7.43. The van der Waals surface area contributed by atoms with Gasteiger partial charge in [0.2, 0.25) is 0 Å². The molecule has 0 aromatic rings. The highest BCUT2D eigenvalue weighted by molar-refractivity contribution is 9.09. The van der Waals surface area contributed by atoms with E-state index in [-0.39, 0.29) is 0 Å². The van der Waals surface area contributed by atoms with Gasteiger partial charge in [-0.05, 0) is 27.1 Å². The molecule has 0 aromatic heterocycles. The van der Waals surface area contributed by atoms with E-state index in [0.717, 1.165) is 6.54 Å². The highest BCUT2D eigenvalue weighted by Gasteiger charge is 1.93. The molecule has 0 radical (unpaired) electrons. The van der Waals surface area contributed by atoms with Gasteiger partial charge in [-0.15, -0.1) is 0 Å². The first-order valence-electron chi connectivity index (χ1n) is 9.89. The third-order valence-electron chi connectivity index (χ3n) is 4.12. The van der Waals surface area contributed by atoms with Crippen LogP contribution in [0, 0.1) is 0 Å². The summed E-state index contributed by atoms with van der Waals surface area (Å²) in [7, 11) is 4.11. The molecule has 0 aliphatic rings. The highest BCUT2D eigenvalue weighted by Crippen LogP contribution is 2.12. The highest BCUT2D eigenvalue weighted by atomic mass is 79.9. The Balaban J connectivity index is 0. The lowest BCUT2D eigenvalue weighted by molar-refractivity contribution is 0.434. The SMILES string of the molecule is CCCCCCCCCCCCCCCCBr.CCN(C)C. The molecule has 0 fully saturated rings. The Hall–Kier alpha value is 0.440. The fraction of sp³-hybridized carbons (Fsp3) is 1.00. The quantitative estimate of drug-likeness (QED) is 0.211. The molecule has 0 unspecified atom stereocenters. The molecule has 0 aliphatic carbocycles. The summed E-state index contributed by atoms with van der Waals surface area (Å²) in [6.45, 7) is 5.55. The summed E-state index contributed by atoms with van der Waals surface area (Å²) >= 11 is 3.48. The van der Waals surface area contributed by atoms with Crippen molar-refractivity contribution in [3.63, 3.8) is 0 Å². The van der Waals surface area contributed by atoms with Crippen LogP contribution in [-0.4, -0.2) is 30.9 Å². The molecule has 0 saturated heterocycles. The first kappa shape index (κ1) is 24.7. The van der Waals surface area contributed by atoms with Gasteiger partial charge in [0.05, 0.1) is 0 Å². The van der Waals surface area contributed by atoms with Gasteiger partial charge >= 0.3 is 0 Å². The van der Waals surface area contributed by atoms with Gasteiger partial charge in [-0.1, -0.05) is 113 Å². The molecular weight excluding hydrogens is 334 g/mol. The molecule has 0 heterocycles. The zero-order valence-corrected chi connectivity index (χ0v) is 17.7. The Morgan fingerprint density at radius 3 is 1.05 bits per heavy atom. The Morgan fingerprint density at radius 2 is 0.818 bits per heavy atom. The zero-order valence-electron chi connectivity index (χ0n) is 16.1.